The smallest absolute Gasteiger partial charge is 0.337 e. The van der Waals surface area contributed by atoms with Crippen molar-refractivity contribution < 1.29 is 23.8 Å². The van der Waals surface area contributed by atoms with E-state index >= 15 is 0 Å². The monoisotopic (exact) mass is 535 g/mol. The van der Waals surface area contributed by atoms with Gasteiger partial charge in [-0.1, -0.05) is 48.0 Å². The number of esters is 1. The Bertz CT molecular complexity index is 1340. The van der Waals surface area contributed by atoms with Gasteiger partial charge in [0.1, 0.15) is 5.82 Å². The van der Waals surface area contributed by atoms with Crippen molar-refractivity contribution in [3.05, 3.63) is 106 Å². The fourth-order valence-electron chi connectivity index (χ4n) is 4.83. The van der Waals surface area contributed by atoms with Gasteiger partial charge in [-0.15, -0.1) is 0 Å². The van der Waals surface area contributed by atoms with Crippen LogP contribution in [0.25, 0.3) is 11.1 Å². The van der Waals surface area contributed by atoms with Crippen molar-refractivity contribution in [2.45, 2.75) is 44.8 Å². The van der Waals surface area contributed by atoms with Crippen LogP contribution in [-0.4, -0.2) is 41.6 Å². The summed E-state index contributed by atoms with van der Waals surface area (Å²) >= 11 is 6.05. The number of amides is 1. The van der Waals surface area contributed by atoms with Crippen LogP contribution in [0.3, 0.4) is 0 Å². The second-order valence-corrected chi connectivity index (χ2v) is 9.95. The van der Waals surface area contributed by atoms with Crippen LogP contribution in [0.4, 0.5) is 4.39 Å². The van der Waals surface area contributed by atoms with Gasteiger partial charge in [-0.2, -0.15) is 0 Å². The topological polar surface area (TPSA) is 66.8 Å². The minimum absolute atomic E-state index is 0.0949. The molecule has 198 valence electrons. The second-order valence-electron chi connectivity index (χ2n) is 9.51. The maximum atomic E-state index is 14.6. The van der Waals surface area contributed by atoms with Crippen molar-refractivity contribution in [1.82, 2.24) is 4.90 Å². The highest BCUT2D eigenvalue weighted by Crippen LogP contribution is 2.31. The Morgan fingerprint density at radius 2 is 1.92 bits per heavy atom. The van der Waals surface area contributed by atoms with Gasteiger partial charge >= 0.3 is 5.97 Å². The van der Waals surface area contributed by atoms with Crippen molar-refractivity contribution in [2.75, 3.05) is 13.7 Å². The summed E-state index contributed by atoms with van der Waals surface area (Å²) in [4.78, 5) is 26.0. The molecule has 0 radical (unpaired) electrons. The second kappa shape index (κ2) is 12.4. The standard InChI is InChI=1S/C31H31ClFNO4/c1-20-18-24(32)10-13-26(20)27-19-23(9-14-28(27)33)29(35)15-11-25-12-16-30(36)34(25)17-3-4-21-5-7-22(8-6-21)31(37)38-2/h5-11,13-15,18-19,25,29,35H,3-4,12,16-17H2,1-2H3/b15-11+/t25-,29?/m0/s1. The highest BCUT2D eigenvalue weighted by molar-refractivity contribution is 6.30. The molecule has 7 heteroatoms. The molecule has 0 aromatic heterocycles. The first kappa shape index (κ1) is 27.6. The molecule has 4 rings (SSSR count). The molecule has 0 saturated carbocycles. The molecule has 3 aromatic rings. The number of aliphatic hydroxyl groups excluding tert-OH is 1. The molecule has 38 heavy (non-hydrogen) atoms. The highest BCUT2D eigenvalue weighted by Gasteiger charge is 2.28. The van der Waals surface area contributed by atoms with Crippen LogP contribution in [0.15, 0.2) is 72.8 Å². The Morgan fingerprint density at radius 1 is 1.16 bits per heavy atom. The molecule has 0 aliphatic carbocycles. The summed E-state index contributed by atoms with van der Waals surface area (Å²) in [6.07, 6.45) is 5.31. The van der Waals surface area contributed by atoms with E-state index in [1.807, 2.05) is 30.0 Å². The van der Waals surface area contributed by atoms with Crippen molar-refractivity contribution in [1.29, 1.82) is 0 Å². The minimum Gasteiger partial charge on any atom is -0.465 e. The van der Waals surface area contributed by atoms with Crippen molar-refractivity contribution in [2.24, 2.45) is 0 Å². The maximum absolute atomic E-state index is 14.6. The Labute approximate surface area is 227 Å². The van der Waals surface area contributed by atoms with E-state index in [0.29, 0.717) is 41.1 Å². The van der Waals surface area contributed by atoms with Gasteiger partial charge in [-0.3, -0.25) is 4.79 Å². The number of hydrogen-bond donors (Lipinski definition) is 1. The summed E-state index contributed by atoms with van der Waals surface area (Å²) in [6, 6.07) is 17.0. The number of nitrogens with zero attached hydrogens (tertiary/aromatic N) is 1. The molecule has 1 heterocycles. The number of aliphatic hydroxyl groups is 1. The summed E-state index contributed by atoms with van der Waals surface area (Å²) in [7, 11) is 1.35. The van der Waals surface area contributed by atoms with Gasteiger partial charge in [-0.05, 0) is 84.8 Å². The fraction of sp³-hybridized carbons (Fsp3) is 0.290. The zero-order valence-corrected chi connectivity index (χ0v) is 22.2. The van der Waals surface area contributed by atoms with E-state index in [9.17, 15) is 19.1 Å². The maximum Gasteiger partial charge on any atom is 0.337 e. The van der Waals surface area contributed by atoms with Crippen LogP contribution < -0.4 is 0 Å². The molecular formula is C31H31ClFNO4. The molecular weight excluding hydrogens is 505 g/mol. The number of carbonyl (C=O) groups excluding carboxylic acids is 2. The number of rotatable bonds is 9. The van der Waals surface area contributed by atoms with Gasteiger partial charge in [0, 0.05) is 23.6 Å². The van der Waals surface area contributed by atoms with Gasteiger partial charge < -0.3 is 14.7 Å². The van der Waals surface area contributed by atoms with Gasteiger partial charge in [0.2, 0.25) is 5.91 Å². The first-order valence-electron chi connectivity index (χ1n) is 12.7. The third-order valence-corrected chi connectivity index (χ3v) is 7.18. The largest absolute Gasteiger partial charge is 0.465 e. The average Bonchev–Trinajstić information content (AvgIpc) is 3.26. The van der Waals surface area contributed by atoms with E-state index in [4.69, 9.17) is 16.3 Å². The van der Waals surface area contributed by atoms with Crippen LogP contribution in [0.2, 0.25) is 5.02 Å². The summed E-state index contributed by atoms with van der Waals surface area (Å²) < 4.78 is 19.4. The van der Waals surface area contributed by atoms with Crippen LogP contribution in [-0.2, 0) is 16.0 Å². The van der Waals surface area contributed by atoms with Crippen LogP contribution in [0, 0.1) is 12.7 Å². The van der Waals surface area contributed by atoms with Crippen LogP contribution in [0.1, 0.15) is 52.4 Å². The number of hydrogen-bond acceptors (Lipinski definition) is 4. The third kappa shape index (κ3) is 6.50. The lowest BCUT2D eigenvalue weighted by Gasteiger charge is -2.23. The molecule has 1 N–H and O–H groups in total. The third-order valence-electron chi connectivity index (χ3n) is 6.94. The van der Waals surface area contributed by atoms with Gasteiger partial charge in [-0.25, -0.2) is 9.18 Å². The van der Waals surface area contributed by atoms with Gasteiger partial charge in [0.25, 0.3) is 0 Å². The lowest BCUT2D eigenvalue weighted by atomic mass is 9.96. The summed E-state index contributed by atoms with van der Waals surface area (Å²) in [6.45, 7) is 2.46. The Balaban J connectivity index is 1.39. The molecule has 3 aromatic carbocycles. The van der Waals surface area contributed by atoms with Crippen molar-refractivity contribution >= 4 is 23.5 Å². The molecule has 1 unspecified atom stereocenters. The predicted molar refractivity (Wildman–Crippen MR) is 147 cm³/mol. The number of carbonyl (C=O) groups is 2. The summed E-state index contributed by atoms with van der Waals surface area (Å²) in [5.74, 6) is -0.645. The Morgan fingerprint density at radius 3 is 2.63 bits per heavy atom. The SMILES string of the molecule is COC(=O)c1ccc(CCCN2C(=O)CC[C@@H]2/C=C/C(O)c2ccc(F)c(-c3ccc(Cl)cc3C)c2)cc1. The van der Waals surface area contributed by atoms with Crippen molar-refractivity contribution in [3.63, 3.8) is 0 Å². The minimum atomic E-state index is -0.937. The lowest BCUT2D eigenvalue weighted by molar-refractivity contribution is -0.128. The lowest BCUT2D eigenvalue weighted by Crippen LogP contribution is -2.33. The molecule has 1 aliphatic heterocycles. The molecule has 1 aliphatic rings. The van der Waals surface area contributed by atoms with Gasteiger partial charge in [0.05, 0.1) is 24.8 Å². The van der Waals surface area contributed by atoms with Crippen LogP contribution in [0.5, 0.6) is 0 Å². The Kier molecular flexibility index (Phi) is 8.97. The normalized spacial score (nSPS) is 16.3. The van der Waals surface area contributed by atoms with Crippen molar-refractivity contribution in [3.8, 4) is 11.1 Å². The zero-order valence-electron chi connectivity index (χ0n) is 21.5. The average molecular weight is 536 g/mol. The zero-order chi connectivity index (χ0) is 27.2. The molecule has 1 fully saturated rings. The first-order chi connectivity index (χ1) is 18.3. The number of ether oxygens (including phenoxy) is 1. The highest BCUT2D eigenvalue weighted by atomic mass is 35.5. The molecule has 2 atom stereocenters. The number of benzene rings is 3. The summed E-state index contributed by atoms with van der Waals surface area (Å²) in [5.41, 5.74) is 4.12. The molecule has 1 saturated heterocycles. The van der Waals surface area contributed by atoms with E-state index in [-0.39, 0.29) is 23.7 Å². The van der Waals surface area contributed by atoms with E-state index in [2.05, 4.69) is 0 Å². The quantitative estimate of drug-likeness (QED) is 0.252. The molecule has 5 nitrogen and oxygen atoms in total. The van der Waals surface area contributed by atoms with E-state index in [0.717, 1.165) is 29.5 Å². The molecule has 1 amide bonds. The van der Waals surface area contributed by atoms with E-state index in [1.54, 1.807) is 48.5 Å². The van der Waals surface area contributed by atoms with E-state index < -0.39 is 6.10 Å². The first-order valence-corrected chi connectivity index (χ1v) is 13.0. The van der Waals surface area contributed by atoms with Crippen LogP contribution >= 0.6 is 11.6 Å². The molecule has 0 bridgehead atoms. The fourth-order valence-corrected chi connectivity index (χ4v) is 5.06. The number of halogens is 2. The summed E-state index contributed by atoms with van der Waals surface area (Å²) in [5, 5.41) is 11.4. The number of likely N-dealkylation sites (tertiary alicyclic amines) is 1. The Hall–Kier alpha value is -3.48. The van der Waals surface area contributed by atoms with E-state index in [1.165, 1.54) is 13.2 Å². The van der Waals surface area contributed by atoms with Gasteiger partial charge in [0.15, 0.2) is 0 Å². The molecule has 0 spiro atoms. The predicted octanol–water partition coefficient (Wildman–Crippen LogP) is 6.45. The number of aryl methyl sites for hydroxylation is 2. The number of methoxy groups -OCH3 is 1.